The summed E-state index contributed by atoms with van der Waals surface area (Å²) in [6.07, 6.45) is -4.40. The first-order chi connectivity index (χ1) is 11.0. The average molecular weight is 338 g/mol. The Labute approximate surface area is 137 Å². The molecule has 0 aromatic heterocycles. The molecule has 1 aliphatic carbocycles. The van der Waals surface area contributed by atoms with E-state index in [9.17, 15) is 27.6 Å². The Morgan fingerprint density at radius 2 is 1.58 bits per heavy atom. The number of benzene rings is 1. The van der Waals surface area contributed by atoms with Crippen LogP contribution in [-0.4, -0.2) is 23.5 Å². The summed E-state index contributed by atoms with van der Waals surface area (Å²) in [6.45, 7) is 3.54. The van der Waals surface area contributed by atoms with E-state index in [4.69, 9.17) is 0 Å². The SMILES string of the molecule is CC(=O)c1ccccc1C1C=C(C(F)(F)F)CC1(C(C)=O)C(C)=O. The molecule has 1 aliphatic rings. The van der Waals surface area contributed by atoms with Crippen LogP contribution in [0.3, 0.4) is 0 Å². The van der Waals surface area contributed by atoms with Crippen LogP contribution in [0.25, 0.3) is 0 Å². The van der Waals surface area contributed by atoms with Crippen molar-refractivity contribution < 1.29 is 27.6 Å². The van der Waals surface area contributed by atoms with Gasteiger partial charge in [0, 0.05) is 17.1 Å². The summed E-state index contributed by atoms with van der Waals surface area (Å²) < 4.78 is 39.7. The number of allylic oxidation sites excluding steroid dienone is 2. The molecule has 1 aromatic carbocycles. The minimum Gasteiger partial charge on any atom is -0.299 e. The molecule has 24 heavy (non-hydrogen) atoms. The smallest absolute Gasteiger partial charge is 0.299 e. The third kappa shape index (κ3) is 2.81. The Kier molecular flexibility index (Phi) is 4.52. The van der Waals surface area contributed by atoms with E-state index >= 15 is 0 Å². The molecule has 0 saturated carbocycles. The van der Waals surface area contributed by atoms with Gasteiger partial charge in [-0.05, 0) is 32.8 Å². The minimum atomic E-state index is -4.63. The molecule has 0 N–H and O–H groups in total. The first-order valence-electron chi connectivity index (χ1n) is 7.41. The molecule has 0 saturated heterocycles. The van der Waals surface area contributed by atoms with Gasteiger partial charge in [-0.25, -0.2) is 0 Å². The highest BCUT2D eigenvalue weighted by atomic mass is 19.4. The van der Waals surface area contributed by atoms with Crippen molar-refractivity contribution in [3.8, 4) is 0 Å². The van der Waals surface area contributed by atoms with Gasteiger partial charge < -0.3 is 0 Å². The summed E-state index contributed by atoms with van der Waals surface area (Å²) in [7, 11) is 0. The Bertz CT molecular complexity index is 730. The number of carbonyl (C=O) groups is 3. The quantitative estimate of drug-likeness (QED) is 0.473. The van der Waals surface area contributed by atoms with Gasteiger partial charge >= 0.3 is 6.18 Å². The van der Waals surface area contributed by atoms with E-state index in [0.717, 1.165) is 19.9 Å². The van der Waals surface area contributed by atoms with Crippen molar-refractivity contribution in [1.82, 2.24) is 0 Å². The van der Waals surface area contributed by atoms with E-state index in [1.165, 1.54) is 19.1 Å². The molecule has 0 spiro atoms. The molecule has 0 radical (unpaired) electrons. The Morgan fingerprint density at radius 1 is 1.04 bits per heavy atom. The maximum atomic E-state index is 13.2. The van der Waals surface area contributed by atoms with Crippen molar-refractivity contribution in [1.29, 1.82) is 0 Å². The lowest BCUT2D eigenvalue weighted by molar-refractivity contribution is -0.139. The summed E-state index contributed by atoms with van der Waals surface area (Å²) in [6, 6.07) is 6.15. The molecule has 0 bridgehead atoms. The summed E-state index contributed by atoms with van der Waals surface area (Å²) in [5.74, 6) is -2.70. The molecular formula is C18H17F3O3. The lowest BCUT2D eigenvalue weighted by Crippen LogP contribution is -2.40. The molecule has 1 unspecified atom stereocenters. The van der Waals surface area contributed by atoms with Crippen LogP contribution in [-0.2, 0) is 9.59 Å². The fraction of sp³-hybridized carbons (Fsp3) is 0.389. The number of hydrogen-bond acceptors (Lipinski definition) is 3. The molecule has 6 heteroatoms. The molecule has 2 rings (SSSR count). The zero-order chi connectivity index (χ0) is 18.3. The third-order valence-corrected chi connectivity index (χ3v) is 4.66. The van der Waals surface area contributed by atoms with Gasteiger partial charge in [-0.3, -0.25) is 14.4 Å². The lowest BCUT2D eigenvalue weighted by atomic mass is 9.67. The number of carbonyl (C=O) groups excluding carboxylic acids is 3. The lowest BCUT2D eigenvalue weighted by Gasteiger charge is -2.32. The summed E-state index contributed by atoms with van der Waals surface area (Å²) in [4.78, 5) is 36.3. The van der Waals surface area contributed by atoms with Crippen LogP contribution in [0.4, 0.5) is 13.2 Å². The van der Waals surface area contributed by atoms with E-state index in [2.05, 4.69) is 0 Å². The van der Waals surface area contributed by atoms with E-state index in [-0.39, 0.29) is 16.9 Å². The van der Waals surface area contributed by atoms with Gasteiger partial charge in [0.25, 0.3) is 0 Å². The monoisotopic (exact) mass is 338 g/mol. The van der Waals surface area contributed by atoms with Crippen molar-refractivity contribution in [2.24, 2.45) is 5.41 Å². The number of hydrogen-bond donors (Lipinski definition) is 0. The van der Waals surface area contributed by atoms with Crippen LogP contribution in [0.5, 0.6) is 0 Å². The van der Waals surface area contributed by atoms with Crippen LogP contribution < -0.4 is 0 Å². The predicted octanol–water partition coefficient (Wildman–Crippen LogP) is 4.03. The highest BCUT2D eigenvalue weighted by Crippen LogP contribution is 2.53. The van der Waals surface area contributed by atoms with E-state index in [1.807, 2.05) is 0 Å². The van der Waals surface area contributed by atoms with Crippen LogP contribution >= 0.6 is 0 Å². The summed E-state index contributed by atoms with van der Waals surface area (Å²) >= 11 is 0. The van der Waals surface area contributed by atoms with Crippen LogP contribution in [0.15, 0.2) is 35.9 Å². The normalized spacial score (nSPS) is 19.8. The second-order valence-corrected chi connectivity index (χ2v) is 6.07. The first-order valence-corrected chi connectivity index (χ1v) is 7.41. The predicted molar refractivity (Wildman–Crippen MR) is 81.7 cm³/mol. The first kappa shape index (κ1) is 18.1. The van der Waals surface area contributed by atoms with Crippen LogP contribution in [0.1, 0.15) is 49.0 Å². The van der Waals surface area contributed by atoms with E-state index in [0.29, 0.717) is 0 Å². The topological polar surface area (TPSA) is 51.2 Å². The van der Waals surface area contributed by atoms with Gasteiger partial charge in [0.1, 0.15) is 17.0 Å². The molecule has 1 aromatic rings. The average Bonchev–Trinajstić information content (AvgIpc) is 2.89. The van der Waals surface area contributed by atoms with Crippen molar-refractivity contribution in [3.05, 3.63) is 47.0 Å². The Morgan fingerprint density at radius 3 is 2.04 bits per heavy atom. The van der Waals surface area contributed by atoms with Gasteiger partial charge in [0.15, 0.2) is 5.78 Å². The maximum absolute atomic E-state index is 13.2. The minimum absolute atomic E-state index is 0.217. The van der Waals surface area contributed by atoms with Gasteiger partial charge in [0.2, 0.25) is 0 Å². The second-order valence-electron chi connectivity index (χ2n) is 6.07. The largest absolute Gasteiger partial charge is 0.412 e. The van der Waals surface area contributed by atoms with Crippen molar-refractivity contribution >= 4 is 17.3 Å². The molecule has 3 nitrogen and oxygen atoms in total. The second kappa shape index (κ2) is 6.00. The molecule has 128 valence electrons. The van der Waals surface area contributed by atoms with E-state index in [1.54, 1.807) is 12.1 Å². The summed E-state index contributed by atoms with van der Waals surface area (Å²) in [5, 5.41) is 0. The molecule has 0 heterocycles. The van der Waals surface area contributed by atoms with E-state index < -0.39 is 41.1 Å². The number of halogens is 3. The highest BCUT2D eigenvalue weighted by Gasteiger charge is 2.56. The third-order valence-electron chi connectivity index (χ3n) is 4.66. The number of rotatable bonds is 4. The van der Waals surface area contributed by atoms with Crippen molar-refractivity contribution in [2.45, 2.75) is 39.3 Å². The van der Waals surface area contributed by atoms with Crippen LogP contribution in [0.2, 0.25) is 0 Å². The van der Waals surface area contributed by atoms with Crippen molar-refractivity contribution in [3.63, 3.8) is 0 Å². The van der Waals surface area contributed by atoms with Crippen molar-refractivity contribution in [2.75, 3.05) is 0 Å². The number of ketones is 3. The molecule has 0 aliphatic heterocycles. The van der Waals surface area contributed by atoms with Gasteiger partial charge in [0.05, 0.1) is 0 Å². The number of Topliss-reactive ketones (excluding diaryl/α,β-unsaturated/α-hetero) is 3. The molecule has 1 atom stereocenters. The highest BCUT2D eigenvalue weighted by molar-refractivity contribution is 6.08. The van der Waals surface area contributed by atoms with Gasteiger partial charge in [-0.15, -0.1) is 0 Å². The van der Waals surface area contributed by atoms with Gasteiger partial charge in [-0.2, -0.15) is 13.2 Å². The fourth-order valence-electron chi connectivity index (χ4n) is 3.39. The molecule has 0 fully saturated rings. The fourth-order valence-corrected chi connectivity index (χ4v) is 3.39. The Hall–Kier alpha value is -2.24. The zero-order valence-corrected chi connectivity index (χ0v) is 13.5. The molecule has 0 amide bonds. The summed E-state index contributed by atoms with van der Waals surface area (Å²) in [5.41, 5.74) is -2.24. The Balaban J connectivity index is 2.75. The standard InChI is InChI=1S/C18H17F3O3/c1-10(22)14-6-4-5-7-15(14)16-8-13(18(19,20)21)9-17(16,11(2)23)12(3)24/h4-8,16H,9H2,1-3H3. The number of alkyl halides is 3. The zero-order valence-electron chi connectivity index (χ0n) is 13.5. The molecular weight excluding hydrogens is 321 g/mol. The maximum Gasteiger partial charge on any atom is 0.412 e. The van der Waals surface area contributed by atoms with Gasteiger partial charge in [-0.1, -0.05) is 30.3 Å². The van der Waals surface area contributed by atoms with Crippen LogP contribution in [0, 0.1) is 5.41 Å².